The number of halogens is 1. The minimum atomic E-state index is 0.808. The lowest BCUT2D eigenvalue weighted by Gasteiger charge is -2.35. The van der Waals surface area contributed by atoms with Crippen LogP contribution in [0, 0.1) is 0 Å². The second-order valence-electron chi connectivity index (χ2n) is 6.66. The van der Waals surface area contributed by atoms with Crippen LogP contribution in [0.5, 0.6) is 0 Å². The third-order valence-electron chi connectivity index (χ3n) is 4.63. The Balaban J connectivity index is 1.47. The number of rotatable bonds is 5. The van der Waals surface area contributed by atoms with Gasteiger partial charge in [0, 0.05) is 63.2 Å². The van der Waals surface area contributed by atoms with Crippen molar-refractivity contribution in [2.75, 3.05) is 56.6 Å². The Bertz CT molecular complexity index is 701. The molecule has 0 atom stereocenters. The lowest BCUT2D eigenvalue weighted by atomic mass is 10.2. The molecule has 3 rings (SSSR count). The maximum Gasteiger partial charge on any atom is 0.0426 e. The smallest absolute Gasteiger partial charge is 0.0426 e. The molecule has 0 bridgehead atoms. The zero-order valence-electron chi connectivity index (χ0n) is 15.0. The van der Waals surface area contributed by atoms with Gasteiger partial charge in [-0.1, -0.05) is 42.0 Å². The summed E-state index contributed by atoms with van der Waals surface area (Å²) in [6.45, 7) is 5.25. The Morgan fingerprint density at radius 2 is 1.72 bits per heavy atom. The van der Waals surface area contributed by atoms with Crippen LogP contribution < -0.4 is 9.80 Å². The van der Waals surface area contributed by atoms with Gasteiger partial charge < -0.3 is 9.80 Å². The molecule has 0 radical (unpaired) electrons. The zero-order chi connectivity index (χ0) is 17.6. The van der Waals surface area contributed by atoms with E-state index in [1.165, 1.54) is 16.9 Å². The van der Waals surface area contributed by atoms with Crippen molar-refractivity contribution in [3.8, 4) is 0 Å². The summed E-state index contributed by atoms with van der Waals surface area (Å²) in [6.07, 6.45) is 4.47. The molecular formula is C21H26ClN3. The monoisotopic (exact) mass is 355 g/mol. The van der Waals surface area contributed by atoms with Gasteiger partial charge in [0.15, 0.2) is 0 Å². The first kappa shape index (κ1) is 17.8. The van der Waals surface area contributed by atoms with E-state index in [0.717, 1.165) is 37.7 Å². The van der Waals surface area contributed by atoms with Gasteiger partial charge >= 0.3 is 0 Å². The van der Waals surface area contributed by atoms with Crippen molar-refractivity contribution < 1.29 is 0 Å². The van der Waals surface area contributed by atoms with E-state index >= 15 is 0 Å². The molecule has 0 saturated carbocycles. The van der Waals surface area contributed by atoms with Crippen LogP contribution in [-0.4, -0.2) is 51.7 Å². The van der Waals surface area contributed by atoms with Crippen molar-refractivity contribution in [2.45, 2.75) is 0 Å². The Hall–Kier alpha value is -1.97. The number of benzene rings is 2. The lowest BCUT2D eigenvalue weighted by molar-refractivity contribution is 0.284. The first-order chi connectivity index (χ1) is 12.1. The van der Waals surface area contributed by atoms with Gasteiger partial charge in [-0.25, -0.2) is 0 Å². The van der Waals surface area contributed by atoms with Crippen LogP contribution in [0.1, 0.15) is 5.56 Å². The van der Waals surface area contributed by atoms with Crippen molar-refractivity contribution in [3.63, 3.8) is 0 Å². The second kappa shape index (κ2) is 8.41. The second-order valence-corrected chi connectivity index (χ2v) is 7.09. The summed E-state index contributed by atoms with van der Waals surface area (Å²) in [5.74, 6) is 0. The number of anilines is 2. The standard InChI is InChI=1S/C21H26ClN3/c1-23(2)20-10-8-18(9-11-20)5-4-12-24-13-15-25(16-14-24)21-7-3-6-19(22)17-21/h3-11,17H,12-16H2,1-2H3/b5-4+. The van der Waals surface area contributed by atoms with E-state index in [9.17, 15) is 0 Å². The molecule has 2 aromatic carbocycles. The molecule has 0 aliphatic carbocycles. The highest BCUT2D eigenvalue weighted by Gasteiger charge is 2.16. The average molecular weight is 356 g/mol. The third-order valence-corrected chi connectivity index (χ3v) is 4.86. The molecule has 0 unspecified atom stereocenters. The molecule has 1 saturated heterocycles. The summed E-state index contributed by atoms with van der Waals surface area (Å²) in [4.78, 5) is 7.02. The van der Waals surface area contributed by atoms with E-state index in [1.54, 1.807) is 0 Å². The van der Waals surface area contributed by atoms with Gasteiger partial charge in [-0.05, 0) is 35.9 Å². The highest BCUT2D eigenvalue weighted by atomic mass is 35.5. The zero-order valence-corrected chi connectivity index (χ0v) is 15.8. The van der Waals surface area contributed by atoms with E-state index < -0.39 is 0 Å². The first-order valence-electron chi connectivity index (χ1n) is 8.78. The first-order valence-corrected chi connectivity index (χ1v) is 9.16. The molecule has 25 heavy (non-hydrogen) atoms. The van der Waals surface area contributed by atoms with Crippen molar-refractivity contribution >= 4 is 29.1 Å². The van der Waals surface area contributed by atoms with Crippen molar-refractivity contribution in [3.05, 3.63) is 65.2 Å². The predicted molar refractivity (Wildman–Crippen MR) is 110 cm³/mol. The summed E-state index contributed by atoms with van der Waals surface area (Å²) in [7, 11) is 4.13. The normalized spacial score (nSPS) is 15.7. The molecule has 4 heteroatoms. The topological polar surface area (TPSA) is 9.72 Å². The molecule has 132 valence electrons. The molecule has 0 N–H and O–H groups in total. The van der Waals surface area contributed by atoms with E-state index in [1.807, 2.05) is 12.1 Å². The van der Waals surface area contributed by atoms with Gasteiger partial charge in [0.25, 0.3) is 0 Å². The molecule has 0 aromatic heterocycles. The van der Waals surface area contributed by atoms with Crippen LogP contribution >= 0.6 is 11.6 Å². The van der Waals surface area contributed by atoms with Gasteiger partial charge in [0.2, 0.25) is 0 Å². The summed E-state index contributed by atoms with van der Waals surface area (Å²) in [5, 5.41) is 0.808. The molecule has 2 aromatic rings. The Morgan fingerprint density at radius 3 is 2.36 bits per heavy atom. The number of nitrogens with zero attached hydrogens (tertiary/aromatic N) is 3. The average Bonchev–Trinajstić information content (AvgIpc) is 2.63. The van der Waals surface area contributed by atoms with Gasteiger partial charge in [0.05, 0.1) is 0 Å². The molecule has 1 heterocycles. The highest BCUT2D eigenvalue weighted by molar-refractivity contribution is 6.30. The third kappa shape index (κ3) is 5.00. The quantitative estimate of drug-likeness (QED) is 0.794. The fraction of sp³-hybridized carbons (Fsp3) is 0.333. The van der Waals surface area contributed by atoms with Crippen LogP contribution in [0.15, 0.2) is 54.6 Å². The summed E-state index contributed by atoms with van der Waals surface area (Å²) < 4.78 is 0. The maximum atomic E-state index is 6.10. The molecule has 3 nitrogen and oxygen atoms in total. The summed E-state index contributed by atoms with van der Waals surface area (Å²) in [5.41, 5.74) is 3.71. The van der Waals surface area contributed by atoms with Crippen LogP contribution in [-0.2, 0) is 0 Å². The van der Waals surface area contributed by atoms with E-state index in [0.29, 0.717) is 0 Å². The molecule has 0 amide bonds. The van der Waals surface area contributed by atoms with Gasteiger partial charge in [-0.15, -0.1) is 0 Å². The molecular weight excluding hydrogens is 330 g/mol. The van der Waals surface area contributed by atoms with E-state index in [-0.39, 0.29) is 0 Å². The Kier molecular flexibility index (Phi) is 6.00. The molecule has 1 aliphatic heterocycles. The predicted octanol–water partition coefficient (Wildman–Crippen LogP) is 4.24. The Morgan fingerprint density at radius 1 is 1.00 bits per heavy atom. The van der Waals surface area contributed by atoms with Crippen molar-refractivity contribution in [2.24, 2.45) is 0 Å². The van der Waals surface area contributed by atoms with Gasteiger partial charge in [-0.2, -0.15) is 0 Å². The number of hydrogen-bond donors (Lipinski definition) is 0. The van der Waals surface area contributed by atoms with Crippen LogP contribution in [0.4, 0.5) is 11.4 Å². The SMILES string of the molecule is CN(C)c1ccc(/C=C/CN2CCN(c3cccc(Cl)c3)CC2)cc1. The van der Waals surface area contributed by atoms with Crippen LogP contribution in [0.25, 0.3) is 6.08 Å². The van der Waals surface area contributed by atoms with E-state index in [2.05, 4.69) is 77.3 Å². The molecule has 1 aliphatic rings. The molecule has 1 fully saturated rings. The Labute approximate surface area is 156 Å². The molecule has 0 spiro atoms. The van der Waals surface area contributed by atoms with Gasteiger partial charge in [0.1, 0.15) is 0 Å². The number of piperazine rings is 1. The lowest BCUT2D eigenvalue weighted by Crippen LogP contribution is -2.46. The van der Waals surface area contributed by atoms with Crippen molar-refractivity contribution in [1.29, 1.82) is 0 Å². The van der Waals surface area contributed by atoms with Crippen molar-refractivity contribution in [1.82, 2.24) is 4.90 Å². The maximum absolute atomic E-state index is 6.10. The minimum Gasteiger partial charge on any atom is -0.378 e. The fourth-order valence-electron chi connectivity index (χ4n) is 3.08. The van der Waals surface area contributed by atoms with Gasteiger partial charge in [-0.3, -0.25) is 4.90 Å². The summed E-state index contributed by atoms with van der Waals surface area (Å²) in [6, 6.07) is 16.8. The fourth-order valence-corrected chi connectivity index (χ4v) is 3.27. The van der Waals surface area contributed by atoms with Crippen LogP contribution in [0.3, 0.4) is 0 Å². The number of hydrogen-bond acceptors (Lipinski definition) is 3. The minimum absolute atomic E-state index is 0.808. The largest absolute Gasteiger partial charge is 0.378 e. The summed E-state index contributed by atoms with van der Waals surface area (Å²) >= 11 is 6.10. The van der Waals surface area contributed by atoms with Crippen LogP contribution in [0.2, 0.25) is 5.02 Å². The van der Waals surface area contributed by atoms with E-state index in [4.69, 9.17) is 11.6 Å². The highest BCUT2D eigenvalue weighted by Crippen LogP contribution is 2.20.